The molecular weight excluding hydrogens is 210 g/mol. The van der Waals surface area contributed by atoms with E-state index in [0.29, 0.717) is 5.84 Å². The number of hydrogen-bond donors (Lipinski definition) is 2. The van der Waals surface area contributed by atoms with E-state index in [0.717, 1.165) is 37.3 Å². The Morgan fingerprint density at radius 1 is 1.53 bits per heavy atom. The number of hydrogen-bond acceptors (Lipinski definition) is 3. The Balaban J connectivity index is 2.24. The third kappa shape index (κ3) is 1.62. The minimum atomic E-state index is -0.293. The molecule has 0 radical (unpaired) electrons. The first-order chi connectivity index (χ1) is 7.20. The smallest absolute Gasteiger partial charge is 0.312 e. The Morgan fingerprint density at radius 3 is 2.80 bits per heavy atom. The normalized spacial score (nSPS) is 24.7. The number of carbonyl (C=O) groups excluding carboxylic acids is 1. The zero-order chi connectivity index (χ0) is 10.9. The maximum Gasteiger partial charge on any atom is 0.323 e. The molecule has 2 aliphatic rings. The standard InChI is InChI=1S/C10H17N3OS/c1-2-5-13-9(14)12-8(11)10(13)3-6-15-7-4-10/h2-7H2,1H3,(H2,11,12,14). The number of thioether (sulfide) groups is 1. The summed E-state index contributed by atoms with van der Waals surface area (Å²) in [4.78, 5) is 13.6. The summed E-state index contributed by atoms with van der Waals surface area (Å²) < 4.78 is 0. The highest BCUT2D eigenvalue weighted by Gasteiger charge is 2.49. The van der Waals surface area contributed by atoms with Gasteiger partial charge in [0.05, 0.1) is 0 Å². The van der Waals surface area contributed by atoms with E-state index in [1.807, 2.05) is 16.7 Å². The second kappa shape index (κ2) is 4.04. The molecule has 2 heterocycles. The van der Waals surface area contributed by atoms with Crippen molar-refractivity contribution in [3.8, 4) is 0 Å². The summed E-state index contributed by atoms with van der Waals surface area (Å²) in [5, 5.41) is 10.6. The molecule has 0 aromatic carbocycles. The Kier molecular flexibility index (Phi) is 2.91. The van der Waals surface area contributed by atoms with Crippen LogP contribution in [0.25, 0.3) is 0 Å². The lowest BCUT2D eigenvalue weighted by Crippen LogP contribution is -2.52. The fourth-order valence-corrected chi connectivity index (χ4v) is 3.56. The van der Waals surface area contributed by atoms with Crippen molar-refractivity contribution in [3.05, 3.63) is 0 Å². The van der Waals surface area contributed by atoms with Crippen LogP contribution in [0, 0.1) is 5.41 Å². The number of urea groups is 1. The Labute approximate surface area is 94.3 Å². The van der Waals surface area contributed by atoms with Gasteiger partial charge in [-0.2, -0.15) is 11.8 Å². The Hall–Kier alpha value is -0.710. The summed E-state index contributed by atoms with van der Waals surface area (Å²) >= 11 is 1.92. The van der Waals surface area contributed by atoms with Crippen LogP contribution in [0.4, 0.5) is 4.79 Å². The molecule has 2 aliphatic heterocycles. The molecule has 0 aliphatic carbocycles. The number of amides is 2. The molecule has 0 aromatic heterocycles. The van der Waals surface area contributed by atoms with Crippen molar-refractivity contribution in [2.45, 2.75) is 31.7 Å². The lowest BCUT2D eigenvalue weighted by molar-refractivity contribution is 0.166. The molecule has 0 saturated carbocycles. The lowest BCUT2D eigenvalue weighted by atomic mass is 9.90. The largest absolute Gasteiger partial charge is 0.323 e. The minimum absolute atomic E-state index is 0.0752. The van der Waals surface area contributed by atoms with Crippen molar-refractivity contribution < 1.29 is 4.79 Å². The van der Waals surface area contributed by atoms with Gasteiger partial charge in [0.15, 0.2) is 0 Å². The average molecular weight is 227 g/mol. The monoisotopic (exact) mass is 227 g/mol. The van der Waals surface area contributed by atoms with Gasteiger partial charge < -0.3 is 4.90 Å². The predicted molar refractivity (Wildman–Crippen MR) is 62.5 cm³/mol. The number of carbonyl (C=O) groups is 1. The van der Waals surface area contributed by atoms with Crippen molar-refractivity contribution in [3.63, 3.8) is 0 Å². The van der Waals surface area contributed by atoms with Crippen molar-refractivity contribution in [2.24, 2.45) is 0 Å². The molecule has 15 heavy (non-hydrogen) atoms. The predicted octanol–water partition coefficient (Wildman–Crippen LogP) is 1.66. The van der Waals surface area contributed by atoms with Crippen LogP contribution >= 0.6 is 11.8 Å². The Bertz CT molecular complexity index is 286. The van der Waals surface area contributed by atoms with Crippen LogP contribution in [0.1, 0.15) is 26.2 Å². The van der Waals surface area contributed by atoms with E-state index in [4.69, 9.17) is 5.41 Å². The third-order valence-corrected chi connectivity index (χ3v) is 4.21. The number of nitrogens with zero attached hydrogens (tertiary/aromatic N) is 1. The highest BCUT2D eigenvalue weighted by Crippen LogP contribution is 2.36. The van der Waals surface area contributed by atoms with Gasteiger partial charge in [0, 0.05) is 6.54 Å². The molecule has 2 saturated heterocycles. The summed E-state index contributed by atoms with van der Waals surface area (Å²) in [7, 11) is 0. The lowest BCUT2D eigenvalue weighted by Gasteiger charge is -2.39. The first-order valence-electron chi connectivity index (χ1n) is 5.46. The fourth-order valence-electron chi connectivity index (χ4n) is 2.39. The molecule has 0 unspecified atom stereocenters. The average Bonchev–Trinajstić information content (AvgIpc) is 2.45. The van der Waals surface area contributed by atoms with Crippen LogP contribution in [0.15, 0.2) is 0 Å². The molecule has 0 bridgehead atoms. The molecule has 0 atom stereocenters. The van der Waals surface area contributed by atoms with Gasteiger partial charge in [-0.05, 0) is 30.8 Å². The first-order valence-corrected chi connectivity index (χ1v) is 6.61. The minimum Gasteiger partial charge on any atom is -0.312 e. The molecule has 2 fully saturated rings. The van der Waals surface area contributed by atoms with E-state index in [-0.39, 0.29) is 11.6 Å². The first kappa shape index (κ1) is 10.8. The van der Waals surface area contributed by atoms with Gasteiger partial charge in [-0.15, -0.1) is 0 Å². The highest BCUT2D eigenvalue weighted by atomic mass is 32.2. The number of nitrogens with one attached hydrogen (secondary N) is 2. The molecule has 1 spiro atoms. The summed E-state index contributed by atoms with van der Waals surface area (Å²) in [5.74, 6) is 2.52. The van der Waals surface area contributed by atoms with Crippen molar-refractivity contribution >= 4 is 23.6 Å². The SMILES string of the molecule is CCCN1C(=O)NC(=N)C12CCSCC2. The second-order valence-corrected chi connectivity index (χ2v) is 5.33. The molecule has 0 aromatic rings. The van der Waals surface area contributed by atoms with Crippen LogP contribution in [-0.2, 0) is 0 Å². The molecular formula is C10H17N3OS. The highest BCUT2D eigenvalue weighted by molar-refractivity contribution is 7.99. The second-order valence-electron chi connectivity index (χ2n) is 4.10. The summed E-state index contributed by atoms with van der Waals surface area (Å²) in [5.41, 5.74) is -0.293. The van der Waals surface area contributed by atoms with E-state index in [1.54, 1.807) is 0 Å². The van der Waals surface area contributed by atoms with Gasteiger partial charge in [0.1, 0.15) is 11.4 Å². The fraction of sp³-hybridized carbons (Fsp3) is 0.800. The topological polar surface area (TPSA) is 56.2 Å². The van der Waals surface area contributed by atoms with Crippen molar-refractivity contribution in [2.75, 3.05) is 18.1 Å². The molecule has 2 amide bonds. The van der Waals surface area contributed by atoms with Crippen LogP contribution < -0.4 is 5.32 Å². The summed E-state index contributed by atoms with van der Waals surface area (Å²) in [6, 6.07) is -0.0752. The molecule has 2 rings (SSSR count). The van der Waals surface area contributed by atoms with Crippen LogP contribution in [0.5, 0.6) is 0 Å². The van der Waals surface area contributed by atoms with Crippen LogP contribution in [0.3, 0.4) is 0 Å². The van der Waals surface area contributed by atoms with Gasteiger partial charge in [-0.3, -0.25) is 10.7 Å². The van der Waals surface area contributed by atoms with Crippen molar-refractivity contribution in [1.29, 1.82) is 5.41 Å². The number of amidine groups is 1. The van der Waals surface area contributed by atoms with Crippen LogP contribution in [0.2, 0.25) is 0 Å². The van der Waals surface area contributed by atoms with Gasteiger partial charge >= 0.3 is 6.03 Å². The summed E-state index contributed by atoms with van der Waals surface area (Å²) in [6.07, 6.45) is 2.81. The zero-order valence-electron chi connectivity index (χ0n) is 9.01. The van der Waals surface area contributed by atoms with Crippen LogP contribution in [-0.4, -0.2) is 40.4 Å². The van der Waals surface area contributed by atoms with Crippen molar-refractivity contribution in [1.82, 2.24) is 10.2 Å². The van der Waals surface area contributed by atoms with Gasteiger partial charge in [-0.1, -0.05) is 6.92 Å². The Morgan fingerprint density at radius 2 is 2.20 bits per heavy atom. The quantitative estimate of drug-likeness (QED) is 0.754. The zero-order valence-corrected chi connectivity index (χ0v) is 9.82. The van der Waals surface area contributed by atoms with E-state index in [9.17, 15) is 4.79 Å². The molecule has 2 N–H and O–H groups in total. The third-order valence-electron chi connectivity index (χ3n) is 3.23. The molecule has 5 heteroatoms. The van der Waals surface area contributed by atoms with Gasteiger partial charge in [-0.25, -0.2) is 4.79 Å². The molecule has 84 valence electrons. The van der Waals surface area contributed by atoms with E-state index < -0.39 is 0 Å². The van der Waals surface area contributed by atoms with E-state index in [2.05, 4.69) is 12.2 Å². The maximum atomic E-state index is 11.7. The van der Waals surface area contributed by atoms with Gasteiger partial charge in [0.2, 0.25) is 0 Å². The van der Waals surface area contributed by atoms with E-state index >= 15 is 0 Å². The van der Waals surface area contributed by atoms with Gasteiger partial charge in [0.25, 0.3) is 0 Å². The van der Waals surface area contributed by atoms with E-state index in [1.165, 1.54) is 0 Å². The summed E-state index contributed by atoms with van der Waals surface area (Å²) in [6.45, 7) is 2.83. The number of rotatable bonds is 2. The maximum absolute atomic E-state index is 11.7. The molecule has 4 nitrogen and oxygen atoms in total.